The van der Waals surface area contributed by atoms with Crippen LogP contribution in [0.4, 0.5) is 0 Å². The molecule has 1 aromatic rings. The van der Waals surface area contributed by atoms with Crippen molar-refractivity contribution in [3.05, 3.63) is 35.4 Å². The van der Waals surface area contributed by atoms with E-state index < -0.39 is 5.97 Å². The topological polar surface area (TPSA) is 66.4 Å². The van der Waals surface area contributed by atoms with Crippen LogP contribution in [0.25, 0.3) is 0 Å². The standard InChI is InChI=1S/C12H15NO3/c1-8(2)7-13-11(14)9-4-3-5-10(6-9)12(15)16/h3-6,8H,7H2,1-2H3,(H,13,14)(H,15,16). The monoisotopic (exact) mass is 221 g/mol. The summed E-state index contributed by atoms with van der Waals surface area (Å²) in [6, 6.07) is 6.00. The smallest absolute Gasteiger partial charge is 0.335 e. The SMILES string of the molecule is CC(C)CNC(=O)c1cccc(C(=O)O)c1. The summed E-state index contributed by atoms with van der Waals surface area (Å²) >= 11 is 0. The number of carbonyl (C=O) groups is 2. The largest absolute Gasteiger partial charge is 0.478 e. The first-order valence-electron chi connectivity index (χ1n) is 5.12. The molecule has 16 heavy (non-hydrogen) atoms. The van der Waals surface area contributed by atoms with Crippen LogP contribution in [-0.2, 0) is 0 Å². The van der Waals surface area contributed by atoms with Gasteiger partial charge in [-0.2, -0.15) is 0 Å². The third-order valence-corrected chi connectivity index (χ3v) is 2.04. The number of rotatable bonds is 4. The van der Waals surface area contributed by atoms with Crippen LogP contribution in [0.1, 0.15) is 34.6 Å². The Kier molecular flexibility index (Phi) is 4.05. The molecule has 0 fully saturated rings. The Morgan fingerprint density at radius 3 is 2.50 bits per heavy atom. The first-order chi connectivity index (χ1) is 7.50. The van der Waals surface area contributed by atoms with Crippen molar-refractivity contribution in [1.82, 2.24) is 5.32 Å². The summed E-state index contributed by atoms with van der Waals surface area (Å²) in [4.78, 5) is 22.3. The van der Waals surface area contributed by atoms with E-state index >= 15 is 0 Å². The molecule has 0 spiro atoms. The number of aromatic carboxylic acids is 1. The average Bonchev–Trinajstić information content (AvgIpc) is 2.26. The van der Waals surface area contributed by atoms with Crippen LogP contribution in [-0.4, -0.2) is 23.5 Å². The lowest BCUT2D eigenvalue weighted by molar-refractivity contribution is 0.0697. The molecule has 0 aromatic heterocycles. The molecular formula is C12H15NO3. The number of hydrogen-bond acceptors (Lipinski definition) is 2. The molecule has 0 saturated carbocycles. The quantitative estimate of drug-likeness (QED) is 0.814. The molecule has 1 rings (SSSR count). The number of amides is 1. The molecule has 1 aromatic carbocycles. The summed E-state index contributed by atoms with van der Waals surface area (Å²) in [6.45, 7) is 4.57. The molecule has 0 radical (unpaired) electrons. The summed E-state index contributed by atoms with van der Waals surface area (Å²) in [7, 11) is 0. The maximum Gasteiger partial charge on any atom is 0.335 e. The van der Waals surface area contributed by atoms with Gasteiger partial charge in [-0.3, -0.25) is 4.79 Å². The second-order valence-electron chi connectivity index (χ2n) is 3.99. The lowest BCUT2D eigenvalue weighted by atomic mass is 10.1. The van der Waals surface area contributed by atoms with Crippen molar-refractivity contribution in [3.8, 4) is 0 Å². The normalized spacial score (nSPS) is 10.2. The second kappa shape index (κ2) is 5.30. The second-order valence-corrected chi connectivity index (χ2v) is 3.99. The van der Waals surface area contributed by atoms with Crippen molar-refractivity contribution in [2.75, 3.05) is 6.54 Å². The molecule has 0 atom stereocenters. The van der Waals surface area contributed by atoms with Gasteiger partial charge in [0.2, 0.25) is 0 Å². The third-order valence-electron chi connectivity index (χ3n) is 2.04. The number of nitrogens with one attached hydrogen (secondary N) is 1. The van der Waals surface area contributed by atoms with Gasteiger partial charge in [-0.15, -0.1) is 0 Å². The minimum Gasteiger partial charge on any atom is -0.478 e. The van der Waals surface area contributed by atoms with Crippen molar-refractivity contribution in [2.24, 2.45) is 5.92 Å². The Balaban J connectivity index is 2.76. The van der Waals surface area contributed by atoms with E-state index in [0.717, 1.165) is 0 Å². The van der Waals surface area contributed by atoms with E-state index in [2.05, 4.69) is 5.32 Å². The van der Waals surface area contributed by atoms with E-state index in [0.29, 0.717) is 18.0 Å². The van der Waals surface area contributed by atoms with Gasteiger partial charge in [0.1, 0.15) is 0 Å². The Morgan fingerprint density at radius 1 is 1.31 bits per heavy atom. The van der Waals surface area contributed by atoms with E-state index in [1.54, 1.807) is 12.1 Å². The van der Waals surface area contributed by atoms with E-state index in [-0.39, 0.29) is 11.5 Å². The highest BCUT2D eigenvalue weighted by molar-refractivity contribution is 5.97. The first-order valence-corrected chi connectivity index (χ1v) is 5.12. The molecule has 0 aliphatic rings. The predicted octanol–water partition coefficient (Wildman–Crippen LogP) is 1.77. The molecule has 0 saturated heterocycles. The summed E-state index contributed by atoms with van der Waals surface area (Å²) < 4.78 is 0. The number of carboxylic acids is 1. The fourth-order valence-corrected chi connectivity index (χ4v) is 1.19. The molecule has 4 heteroatoms. The van der Waals surface area contributed by atoms with Crippen molar-refractivity contribution in [2.45, 2.75) is 13.8 Å². The van der Waals surface area contributed by atoms with E-state index in [9.17, 15) is 9.59 Å². The van der Waals surface area contributed by atoms with Crippen LogP contribution in [0, 0.1) is 5.92 Å². The van der Waals surface area contributed by atoms with Crippen LogP contribution in [0.3, 0.4) is 0 Å². The predicted molar refractivity (Wildman–Crippen MR) is 60.6 cm³/mol. The zero-order valence-electron chi connectivity index (χ0n) is 9.36. The van der Waals surface area contributed by atoms with Crippen LogP contribution >= 0.6 is 0 Å². The van der Waals surface area contributed by atoms with E-state index in [1.807, 2.05) is 13.8 Å². The average molecular weight is 221 g/mol. The van der Waals surface area contributed by atoms with Gasteiger partial charge in [0.05, 0.1) is 5.56 Å². The third kappa shape index (κ3) is 3.38. The number of carboxylic acid groups (broad SMARTS) is 1. The minimum atomic E-state index is -1.03. The fraction of sp³-hybridized carbons (Fsp3) is 0.333. The number of hydrogen-bond donors (Lipinski definition) is 2. The summed E-state index contributed by atoms with van der Waals surface area (Å²) in [6.07, 6.45) is 0. The molecular weight excluding hydrogens is 206 g/mol. The summed E-state index contributed by atoms with van der Waals surface area (Å²) in [5.74, 6) is -0.901. The van der Waals surface area contributed by atoms with Gasteiger partial charge >= 0.3 is 5.97 Å². The van der Waals surface area contributed by atoms with Gasteiger partial charge in [0.25, 0.3) is 5.91 Å². The van der Waals surface area contributed by atoms with Gasteiger partial charge in [0, 0.05) is 12.1 Å². The maximum atomic E-state index is 11.6. The Labute approximate surface area is 94.3 Å². The lowest BCUT2D eigenvalue weighted by Gasteiger charge is -2.07. The summed E-state index contributed by atoms with van der Waals surface area (Å²) in [5.41, 5.74) is 0.498. The molecule has 0 unspecified atom stereocenters. The number of carbonyl (C=O) groups excluding carboxylic acids is 1. The Bertz CT molecular complexity index is 399. The maximum absolute atomic E-state index is 11.6. The van der Waals surface area contributed by atoms with E-state index in [4.69, 9.17) is 5.11 Å². The van der Waals surface area contributed by atoms with Crippen LogP contribution in [0.15, 0.2) is 24.3 Å². The highest BCUT2D eigenvalue weighted by Crippen LogP contribution is 2.05. The van der Waals surface area contributed by atoms with Gasteiger partial charge in [0.15, 0.2) is 0 Å². The van der Waals surface area contributed by atoms with Crippen LogP contribution in [0.2, 0.25) is 0 Å². The van der Waals surface area contributed by atoms with Gasteiger partial charge in [-0.05, 0) is 24.1 Å². The number of benzene rings is 1. The van der Waals surface area contributed by atoms with Gasteiger partial charge in [-0.25, -0.2) is 4.79 Å². The summed E-state index contributed by atoms with van der Waals surface area (Å²) in [5, 5.41) is 11.5. The van der Waals surface area contributed by atoms with E-state index in [1.165, 1.54) is 12.1 Å². The zero-order valence-corrected chi connectivity index (χ0v) is 9.36. The lowest BCUT2D eigenvalue weighted by Crippen LogP contribution is -2.27. The van der Waals surface area contributed by atoms with Gasteiger partial charge < -0.3 is 10.4 Å². The Morgan fingerprint density at radius 2 is 1.94 bits per heavy atom. The molecule has 0 aliphatic carbocycles. The van der Waals surface area contributed by atoms with Gasteiger partial charge in [-0.1, -0.05) is 19.9 Å². The molecule has 0 aliphatic heterocycles. The highest BCUT2D eigenvalue weighted by atomic mass is 16.4. The van der Waals surface area contributed by atoms with Crippen molar-refractivity contribution in [1.29, 1.82) is 0 Å². The first kappa shape index (κ1) is 12.2. The van der Waals surface area contributed by atoms with Crippen molar-refractivity contribution < 1.29 is 14.7 Å². The van der Waals surface area contributed by atoms with Crippen LogP contribution in [0.5, 0.6) is 0 Å². The zero-order chi connectivity index (χ0) is 12.1. The molecule has 0 bridgehead atoms. The van der Waals surface area contributed by atoms with Crippen molar-refractivity contribution in [3.63, 3.8) is 0 Å². The molecule has 86 valence electrons. The molecule has 4 nitrogen and oxygen atoms in total. The van der Waals surface area contributed by atoms with Crippen molar-refractivity contribution >= 4 is 11.9 Å². The molecule has 0 heterocycles. The molecule has 2 N–H and O–H groups in total. The minimum absolute atomic E-state index is 0.122. The highest BCUT2D eigenvalue weighted by Gasteiger charge is 2.09. The Hall–Kier alpha value is -1.84. The molecule has 1 amide bonds. The fourth-order valence-electron chi connectivity index (χ4n) is 1.19. The van der Waals surface area contributed by atoms with Crippen LogP contribution < -0.4 is 5.32 Å².